The molecule has 0 saturated carbocycles. The van der Waals surface area contributed by atoms with Crippen LogP contribution in [0.15, 0.2) is 0 Å². The highest BCUT2D eigenvalue weighted by molar-refractivity contribution is 7.98. The van der Waals surface area contributed by atoms with Gasteiger partial charge in [0, 0.05) is 6.26 Å². The molecule has 0 aliphatic heterocycles. The van der Waals surface area contributed by atoms with Gasteiger partial charge in [-0.1, -0.05) is 56.8 Å². The summed E-state index contributed by atoms with van der Waals surface area (Å²) in [5, 5.41) is 0. The Morgan fingerprint density at radius 1 is 1.25 bits per heavy atom. The van der Waals surface area contributed by atoms with Gasteiger partial charge in [-0.2, -0.15) is 0 Å². The molecule has 0 fully saturated rings. The predicted molar refractivity (Wildman–Crippen MR) is 62.6 cm³/mol. The van der Waals surface area contributed by atoms with Gasteiger partial charge in [-0.3, -0.25) is 0 Å². The zero-order chi connectivity index (χ0) is 9.23. The summed E-state index contributed by atoms with van der Waals surface area (Å²) in [5.41, 5.74) is 0. The number of hydrogen-bond donors (Lipinski definition) is 1. The Balaban J connectivity index is 3.03. The maximum atomic E-state index is 5.10. The molecule has 0 amide bonds. The highest BCUT2D eigenvalue weighted by Gasteiger charge is 1.94. The minimum absolute atomic E-state index is 0.999. The Morgan fingerprint density at radius 3 is 2.50 bits per heavy atom. The molecule has 0 saturated heterocycles. The third kappa shape index (κ3) is 8.34. The van der Waals surface area contributed by atoms with E-state index >= 15 is 0 Å². The van der Waals surface area contributed by atoms with Gasteiger partial charge in [0.2, 0.25) is 0 Å². The maximum Gasteiger partial charge on any atom is 0.0852 e. The zero-order valence-corrected chi connectivity index (χ0v) is 9.69. The summed E-state index contributed by atoms with van der Waals surface area (Å²) in [5.74, 6) is 0. The van der Waals surface area contributed by atoms with Crippen LogP contribution in [-0.2, 0) is 0 Å². The molecule has 0 spiro atoms. The van der Waals surface area contributed by atoms with Crippen LogP contribution in [0.25, 0.3) is 0 Å². The lowest BCUT2D eigenvalue weighted by molar-refractivity contribution is 0.643. The van der Waals surface area contributed by atoms with Crippen molar-refractivity contribution in [1.29, 1.82) is 0 Å². The van der Waals surface area contributed by atoms with E-state index in [0.717, 1.165) is 11.4 Å². The average molecular weight is 205 g/mol. The van der Waals surface area contributed by atoms with Crippen LogP contribution in [0.4, 0.5) is 0 Å². The van der Waals surface area contributed by atoms with E-state index in [0.29, 0.717) is 0 Å². The molecule has 0 aliphatic carbocycles. The van der Waals surface area contributed by atoms with Crippen LogP contribution in [0.2, 0.25) is 0 Å². The molecule has 0 atom stereocenters. The second kappa shape index (κ2) is 9.33. The molecule has 72 valence electrons. The Hall–Kier alpha value is 0.240. The quantitative estimate of drug-likeness (QED) is 0.388. The molecule has 0 aromatic rings. The molecular formula is C9H19NS2. The molecular weight excluding hydrogens is 186 g/mol. The van der Waals surface area contributed by atoms with E-state index in [4.69, 9.17) is 12.2 Å². The summed E-state index contributed by atoms with van der Waals surface area (Å²) >= 11 is 6.69. The first-order valence-corrected chi connectivity index (χ1v) is 6.26. The van der Waals surface area contributed by atoms with Crippen molar-refractivity contribution in [3.63, 3.8) is 0 Å². The Morgan fingerprint density at radius 2 is 1.92 bits per heavy atom. The molecule has 0 radical (unpaired) electrons. The van der Waals surface area contributed by atoms with Crippen molar-refractivity contribution in [2.75, 3.05) is 6.26 Å². The van der Waals surface area contributed by atoms with Gasteiger partial charge in [0.05, 0.1) is 4.99 Å². The van der Waals surface area contributed by atoms with Gasteiger partial charge in [-0.15, -0.1) is 0 Å². The Labute approximate surface area is 85.8 Å². The molecule has 1 N–H and O–H groups in total. The molecule has 0 heterocycles. The van der Waals surface area contributed by atoms with E-state index in [1.165, 1.54) is 32.1 Å². The lowest BCUT2D eigenvalue weighted by Crippen LogP contribution is -2.11. The first kappa shape index (κ1) is 12.2. The van der Waals surface area contributed by atoms with Crippen LogP contribution in [-0.4, -0.2) is 11.2 Å². The van der Waals surface area contributed by atoms with Gasteiger partial charge in [0.25, 0.3) is 0 Å². The number of nitrogens with one attached hydrogen (secondary N) is 1. The highest BCUT2D eigenvalue weighted by atomic mass is 32.2. The fourth-order valence-corrected chi connectivity index (χ4v) is 1.78. The lowest BCUT2D eigenvalue weighted by atomic mass is 10.1. The van der Waals surface area contributed by atoms with Gasteiger partial charge in [-0.05, 0) is 12.8 Å². The lowest BCUT2D eigenvalue weighted by Gasteiger charge is -2.03. The number of hydrogen-bond acceptors (Lipinski definition) is 2. The van der Waals surface area contributed by atoms with Crippen LogP contribution >= 0.6 is 24.2 Å². The molecule has 1 nitrogen and oxygen atoms in total. The van der Waals surface area contributed by atoms with E-state index in [9.17, 15) is 0 Å². The first-order chi connectivity index (χ1) is 5.81. The van der Waals surface area contributed by atoms with Crippen molar-refractivity contribution in [2.24, 2.45) is 0 Å². The Kier molecular flexibility index (Phi) is 9.52. The summed E-state index contributed by atoms with van der Waals surface area (Å²) < 4.78 is 3.08. The number of unbranched alkanes of at least 4 members (excludes halogenated alkanes) is 4. The maximum absolute atomic E-state index is 5.10. The number of thiocarbonyl (C=S) groups is 1. The van der Waals surface area contributed by atoms with E-state index in [1.807, 2.05) is 6.26 Å². The fraction of sp³-hybridized carbons (Fsp3) is 0.889. The van der Waals surface area contributed by atoms with Crippen LogP contribution in [0.5, 0.6) is 0 Å². The molecule has 0 aliphatic rings. The van der Waals surface area contributed by atoms with Gasteiger partial charge < -0.3 is 4.72 Å². The van der Waals surface area contributed by atoms with Gasteiger partial charge in [0.1, 0.15) is 0 Å². The monoisotopic (exact) mass is 205 g/mol. The van der Waals surface area contributed by atoms with E-state index in [-0.39, 0.29) is 0 Å². The third-order valence-electron chi connectivity index (χ3n) is 1.72. The van der Waals surface area contributed by atoms with Crippen LogP contribution in [0.3, 0.4) is 0 Å². The highest BCUT2D eigenvalue weighted by Crippen LogP contribution is 2.05. The predicted octanol–water partition coefficient (Wildman–Crippen LogP) is 3.54. The standard InChI is InChI=1S/C9H19NS2/c1-3-4-5-6-7-8-9(11)10-12-2/h3-8H2,1-2H3,(H,10,11). The smallest absolute Gasteiger partial charge is 0.0852 e. The van der Waals surface area contributed by atoms with Gasteiger partial charge >= 0.3 is 0 Å². The molecule has 0 rings (SSSR count). The third-order valence-corrected chi connectivity index (χ3v) is 2.61. The molecule has 0 bridgehead atoms. The topological polar surface area (TPSA) is 12.0 Å². The van der Waals surface area contributed by atoms with Crippen LogP contribution in [0.1, 0.15) is 45.4 Å². The summed E-state index contributed by atoms with van der Waals surface area (Å²) in [6, 6.07) is 0. The number of rotatable bonds is 7. The van der Waals surface area contributed by atoms with E-state index < -0.39 is 0 Å². The second-order valence-corrected chi connectivity index (χ2v) is 4.00. The average Bonchev–Trinajstić information content (AvgIpc) is 2.05. The van der Waals surface area contributed by atoms with Crippen molar-refractivity contribution < 1.29 is 0 Å². The van der Waals surface area contributed by atoms with Crippen LogP contribution < -0.4 is 4.72 Å². The molecule has 12 heavy (non-hydrogen) atoms. The largest absolute Gasteiger partial charge is 0.324 e. The second-order valence-electron chi connectivity index (χ2n) is 2.89. The van der Waals surface area contributed by atoms with E-state index in [1.54, 1.807) is 11.9 Å². The van der Waals surface area contributed by atoms with E-state index in [2.05, 4.69) is 11.6 Å². The summed E-state index contributed by atoms with van der Waals surface area (Å²) in [6.45, 7) is 2.24. The molecule has 3 heteroatoms. The SMILES string of the molecule is CCCCCCCC(=S)NSC. The summed E-state index contributed by atoms with van der Waals surface area (Å²) in [7, 11) is 0. The van der Waals surface area contributed by atoms with Crippen molar-refractivity contribution >= 4 is 29.2 Å². The molecule has 0 aromatic carbocycles. The fourth-order valence-electron chi connectivity index (χ4n) is 1.05. The van der Waals surface area contributed by atoms with Crippen molar-refractivity contribution in [3.05, 3.63) is 0 Å². The van der Waals surface area contributed by atoms with Crippen molar-refractivity contribution in [1.82, 2.24) is 4.72 Å². The van der Waals surface area contributed by atoms with Gasteiger partial charge in [-0.25, -0.2) is 0 Å². The van der Waals surface area contributed by atoms with Crippen molar-refractivity contribution in [3.8, 4) is 0 Å². The molecule has 0 aromatic heterocycles. The van der Waals surface area contributed by atoms with Gasteiger partial charge in [0.15, 0.2) is 0 Å². The Bertz CT molecular complexity index is 115. The van der Waals surface area contributed by atoms with Crippen molar-refractivity contribution in [2.45, 2.75) is 45.4 Å². The van der Waals surface area contributed by atoms with Crippen LogP contribution in [0, 0.1) is 0 Å². The summed E-state index contributed by atoms with van der Waals surface area (Å²) in [6.07, 6.45) is 9.66. The minimum atomic E-state index is 0.999. The zero-order valence-electron chi connectivity index (χ0n) is 8.06. The normalized spacial score (nSPS) is 9.83. The first-order valence-electron chi connectivity index (χ1n) is 4.63. The minimum Gasteiger partial charge on any atom is -0.324 e. The molecule has 0 unspecified atom stereocenters. The summed E-state index contributed by atoms with van der Waals surface area (Å²) in [4.78, 5) is 0.999.